The number of aliphatic imine (C=N–C) groups is 1. The molecule has 100 valence electrons. The van der Waals surface area contributed by atoms with Crippen LogP contribution in [0.15, 0.2) is 4.99 Å². The van der Waals surface area contributed by atoms with Crippen molar-refractivity contribution in [1.29, 1.82) is 0 Å². The molecule has 0 radical (unpaired) electrons. The second-order valence-electron chi connectivity index (χ2n) is 4.65. The van der Waals surface area contributed by atoms with Gasteiger partial charge in [-0.25, -0.2) is 4.79 Å². The molecule has 3 amide bonds. The second kappa shape index (κ2) is 5.70. The van der Waals surface area contributed by atoms with E-state index in [4.69, 9.17) is 5.73 Å². The van der Waals surface area contributed by atoms with E-state index in [1.54, 1.807) is 0 Å². The molecule has 0 unspecified atom stereocenters. The molecule has 4 N–H and O–H groups in total. The fourth-order valence-corrected chi connectivity index (χ4v) is 1.94. The van der Waals surface area contributed by atoms with Gasteiger partial charge in [0.1, 0.15) is 0 Å². The molecule has 0 atom stereocenters. The van der Waals surface area contributed by atoms with E-state index >= 15 is 0 Å². The molecule has 2 aliphatic rings. The molecule has 0 aromatic rings. The average molecular weight is 253 g/mol. The van der Waals surface area contributed by atoms with Crippen molar-refractivity contribution in [3.8, 4) is 0 Å². The van der Waals surface area contributed by atoms with Crippen LogP contribution in [0.4, 0.5) is 4.79 Å². The van der Waals surface area contributed by atoms with Crippen LogP contribution in [0.25, 0.3) is 0 Å². The molecule has 18 heavy (non-hydrogen) atoms. The van der Waals surface area contributed by atoms with Gasteiger partial charge in [0.25, 0.3) is 0 Å². The fourth-order valence-electron chi connectivity index (χ4n) is 1.94. The Balaban J connectivity index is 1.64. The number of nitrogens with zero attached hydrogens (tertiary/aromatic N) is 2. The number of rotatable bonds is 5. The van der Waals surface area contributed by atoms with Gasteiger partial charge < -0.3 is 16.4 Å². The number of carbonyl (C=O) groups is 2. The Bertz CT molecular complexity index is 348. The predicted octanol–water partition coefficient (Wildman–Crippen LogP) is -0.757. The summed E-state index contributed by atoms with van der Waals surface area (Å²) in [6.45, 7) is 1.59. The summed E-state index contributed by atoms with van der Waals surface area (Å²) >= 11 is 0. The van der Waals surface area contributed by atoms with Gasteiger partial charge in [0.15, 0.2) is 5.96 Å². The first-order valence-corrected chi connectivity index (χ1v) is 6.29. The van der Waals surface area contributed by atoms with E-state index in [1.807, 2.05) is 0 Å². The smallest absolute Gasteiger partial charge is 0.324 e. The number of urea groups is 1. The zero-order chi connectivity index (χ0) is 13.0. The molecule has 1 aliphatic heterocycles. The Morgan fingerprint density at radius 2 is 2.28 bits per heavy atom. The molecular weight excluding hydrogens is 234 g/mol. The van der Waals surface area contributed by atoms with Crippen molar-refractivity contribution in [3.05, 3.63) is 0 Å². The van der Waals surface area contributed by atoms with Gasteiger partial charge in [0.2, 0.25) is 5.91 Å². The van der Waals surface area contributed by atoms with Gasteiger partial charge >= 0.3 is 6.03 Å². The number of guanidine groups is 1. The zero-order valence-electron chi connectivity index (χ0n) is 10.3. The minimum Gasteiger partial charge on any atom is -0.370 e. The Kier molecular flexibility index (Phi) is 4.01. The Labute approximate surface area is 106 Å². The van der Waals surface area contributed by atoms with Crippen LogP contribution >= 0.6 is 0 Å². The van der Waals surface area contributed by atoms with Gasteiger partial charge in [-0.15, -0.1) is 0 Å². The lowest BCUT2D eigenvalue weighted by Crippen LogP contribution is -2.41. The van der Waals surface area contributed by atoms with Gasteiger partial charge in [0, 0.05) is 19.6 Å². The molecule has 7 heteroatoms. The SMILES string of the molecule is NC(=NCC1CCC1)NCCN1C(=O)CNC1=O. The van der Waals surface area contributed by atoms with Crippen molar-refractivity contribution in [2.75, 3.05) is 26.2 Å². The summed E-state index contributed by atoms with van der Waals surface area (Å²) in [7, 11) is 0. The number of amides is 3. The lowest BCUT2D eigenvalue weighted by Gasteiger charge is -2.23. The molecule has 0 aromatic heterocycles. The van der Waals surface area contributed by atoms with E-state index in [0.717, 1.165) is 6.54 Å². The van der Waals surface area contributed by atoms with Crippen LogP contribution in [0.1, 0.15) is 19.3 Å². The first-order chi connectivity index (χ1) is 8.66. The Morgan fingerprint density at radius 3 is 2.83 bits per heavy atom. The van der Waals surface area contributed by atoms with Crippen LogP contribution in [0.2, 0.25) is 0 Å². The van der Waals surface area contributed by atoms with Crippen molar-refractivity contribution in [1.82, 2.24) is 15.5 Å². The maximum Gasteiger partial charge on any atom is 0.324 e. The van der Waals surface area contributed by atoms with Crippen LogP contribution in [0.3, 0.4) is 0 Å². The van der Waals surface area contributed by atoms with E-state index in [1.165, 1.54) is 24.2 Å². The van der Waals surface area contributed by atoms with E-state index in [9.17, 15) is 9.59 Å². The highest BCUT2D eigenvalue weighted by Crippen LogP contribution is 2.26. The first-order valence-electron chi connectivity index (χ1n) is 6.29. The van der Waals surface area contributed by atoms with Gasteiger partial charge in [-0.05, 0) is 18.8 Å². The van der Waals surface area contributed by atoms with Crippen molar-refractivity contribution in [2.24, 2.45) is 16.6 Å². The third-order valence-corrected chi connectivity index (χ3v) is 3.32. The number of hydrogen-bond donors (Lipinski definition) is 3. The summed E-state index contributed by atoms with van der Waals surface area (Å²) in [4.78, 5) is 27.9. The highest BCUT2D eigenvalue weighted by molar-refractivity contribution is 6.01. The minimum absolute atomic E-state index is 0.0874. The topological polar surface area (TPSA) is 99.8 Å². The first kappa shape index (κ1) is 12.7. The lowest BCUT2D eigenvalue weighted by atomic mass is 9.86. The largest absolute Gasteiger partial charge is 0.370 e. The van der Waals surface area contributed by atoms with E-state index in [0.29, 0.717) is 25.0 Å². The zero-order valence-corrected chi connectivity index (χ0v) is 10.3. The molecule has 0 aromatic carbocycles. The summed E-state index contributed by atoms with van der Waals surface area (Å²) < 4.78 is 0. The highest BCUT2D eigenvalue weighted by atomic mass is 16.2. The van der Waals surface area contributed by atoms with E-state index < -0.39 is 0 Å². The monoisotopic (exact) mass is 253 g/mol. The molecule has 1 saturated heterocycles. The lowest BCUT2D eigenvalue weighted by molar-refractivity contribution is -0.124. The van der Waals surface area contributed by atoms with Crippen molar-refractivity contribution in [2.45, 2.75) is 19.3 Å². The number of carbonyl (C=O) groups excluding carboxylic acids is 2. The summed E-state index contributed by atoms with van der Waals surface area (Å²) in [5, 5.41) is 5.37. The minimum atomic E-state index is -0.341. The van der Waals surface area contributed by atoms with Gasteiger partial charge in [0.05, 0.1) is 6.54 Å². The third-order valence-electron chi connectivity index (χ3n) is 3.32. The van der Waals surface area contributed by atoms with Gasteiger partial charge in [-0.3, -0.25) is 14.7 Å². The standard InChI is InChI=1S/C11H19N5O2/c12-10(14-6-8-2-1-3-8)13-4-5-16-9(17)7-15-11(16)18/h8H,1-7H2,(H,15,18)(H3,12,13,14). The number of imide groups is 1. The summed E-state index contributed by atoms with van der Waals surface area (Å²) in [6.07, 6.45) is 3.76. The Morgan fingerprint density at radius 1 is 1.50 bits per heavy atom. The van der Waals surface area contributed by atoms with Crippen LogP contribution < -0.4 is 16.4 Å². The number of hydrogen-bond acceptors (Lipinski definition) is 3. The summed E-state index contributed by atoms with van der Waals surface area (Å²) in [6, 6.07) is -0.341. The molecule has 7 nitrogen and oxygen atoms in total. The van der Waals surface area contributed by atoms with Gasteiger partial charge in [-0.1, -0.05) is 6.42 Å². The third kappa shape index (κ3) is 3.12. The van der Waals surface area contributed by atoms with Gasteiger partial charge in [-0.2, -0.15) is 0 Å². The predicted molar refractivity (Wildman–Crippen MR) is 66.9 cm³/mol. The molecular formula is C11H19N5O2. The Hall–Kier alpha value is -1.79. The summed E-state index contributed by atoms with van der Waals surface area (Å²) in [5.74, 6) is 0.858. The van der Waals surface area contributed by atoms with Crippen molar-refractivity contribution in [3.63, 3.8) is 0 Å². The normalized spacial score (nSPS) is 20.9. The summed E-state index contributed by atoms with van der Waals surface area (Å²) in [5.41, 5.74) is 5.69. The van der Waals surface area contributed by atoms with Crippen LogP contribution in [-0.2, 0) is 4.79 Å². The maximum absolute atomic E-state index is 11.3. The molecule has 1 aliphatic carbocycles. The number of nitrogens with two attached hydrogens (primary N) is 1. The molecule has 2 rings (SSSR count). The van der Waals surface area contributed by atoms with Crippen LogP contribution in [-0.4, -0.2) is 49.0 Å². The highest BCUT2D eigenvalue weighted by Gasteiger charge is 2.27. The molecule has 1 saturated carbocycles. The molecule has 2 fully saturated rings. The molecule has 0 spiro atoms. The van der Waals surface area contributed by atoms with E-state index in [2.05, 4.69) is 15.6 Å². The fraction of sp³-hybridized carbons (Fsp3) is 0.727. The molecule has 1 heterocycles. The average Bonchev–Trinajstić information content (AvgIpc) is 2.58. The number of nitrogens with one attached hydrogen (secondary N) is 2. The quantitative estimate of drug-likeness (QED) is 0.341. The molecule has 0 bridgehead atoms. The van der Waals surface area contributed by atoms with E-state index in [-0.39, 0.29) is 18.5 Å². The van der Waals surface area contributed by atoms with Crippen molar-refractivity contribution >= 4 is 17.9 Å². The van der Waals surface area contributed by atoms with Crippen LogP contribution in [0.5, 0.6) is 0 Å². The second-order valence-corrected chi connectivity index (χ2v) is 4.65. The van der Waals surface area contributed by atoms with Crippen LogP contribution in [0, 0.1) is 5.92 Å². The maximum atomic E-state index is 11.3. The van der Waals surface area contributed by atoms with Crippen molar-refractivity contribution < 1.29 is 9.59 Å².